The standard InChI is InChI=1S/C26H20N2O4S2/c1-13-9-11-31-23(13)17-7-5-15(33-17)21-19-20(26(30)27(21)3)22(28(4)25(19)29)16-6-8-18(34-16)24-14(2)10-12-32-24/h5-12H,1-4H3. The molecule has 0 atom stereocenters. The van der Waals surface area contributed by atoms with Crippen LogP contribution in [0.2, 0.25) is 0 Å². The van der Waals surface area contributed by atoms with E-state index in [0.29, 0.717) is 22.5 Å². The lowest BCUT2D eigenvalue weighted by atomic mass is 10.1. The highest BCUT2D eigenvalue weighted by molar-refractivity contribution is 7.17. The van der Waals surface area contributed by atoms with Crippen molar-refractivity contribution in [1.29, 1.82) is 0 Å². The monoisotopic (exact) mass is 488 g/mol. The number of aryl methyl sites for hydroxylation is 2. The van der Waals surface area contributed by atoms with Crippen molar-refractivity contribution in [3.05, 3.63) is 81.0 Å². The van der Waals surface area contributed by atoms with E-state index in [1.54, 1.807) is 36.4 Å². The average Bonchev–Trinajstić information content (AvgIpc) is 3.63. The zero-order chi connectivity index (χ0) is 23.7. The Labute approximate surface area is 204 Å². The predicted molar refractivity (Wildman–Crippen MR) is 133 cm³/mol. The van der Waals surface area contributed by atoms with Crippen LogP contribution in [0.15, 0.2) is 68.9 Å². The minimum atomic E-state index is -0.175. The first-order valence-corrected chi connectivity index (χ1v) is 12.3. The minimum Gasteiger partial charge on any atom is -0.463 e. The summed E-state index contributed by atoms with van der Waals surface area (Å²) in [6.45, 7) is 3.99. The summed E-state index contributed by atoms with van der Waals surface area (Å²) in [4.78, 5) is 33.7. The number of nitrogens with zero attached hydrogens (tertiary/aromatic N) is 2. The van der Waals surface area contributed by atoms with Gasteiger partial charge in [-0.3, -0.25) is 9.59 Å². The van der Waals surface area contributed by atoms with E-state index >= 15 is 0 Å². The molecule has 0 saturated carbocycles. The number of carbonyl (C=O) groups is 2. The van der Waals surface area contributed by atoms with Crippen LogP contribution in [0.25, 0.3) is 32.7 Å². The van der Waals surface area contributed by atoms with Crippen LogP contribution in [0.1, 0.15) is 20.9 Å². The van der Waals surface area contributed by atoms with Crippen molar-refractivity contribution in [3.8, 4) is 21.3 Å². The van der Waals surface area contributed by atoms with Gasteiger partial charge in [0.15, 0.2) is 0 Å². The van der Waals surface area contributed by atoms with Gasteiger partial charge in [0.25, 0.3) is 11.8 Å². The molecule has 0 spiro atoms. The number of likely N-dealkylation sites (N-methyl/N-ethyl adjacent to an activating group) is 2. The van der Waals surface area contributed by atoms with E-state index in [1.165, 1.54) is 22.7 Å². The zero-order valence-electron chi connectivity index (χ0n) is 19.0. The van der Waals surface area contributed by atoms with E-state index < -0.39 is 0 Å². The smallest absolute Gasteiger partial charge is 0.261 e. The van der Waals surface area contributed by atoms with Gasteiger partial charge in [-0.2, -0.15) is 0 Å². The van der Waals surface area contributed by atoms with Gasteiger partial charge in [-0.15, -0.1) is 22.7 Å². The molecule has 0 fully saturated rings. The highest BCUT2D eigenvalue weighted by Gasteiger charge is 2.47. The Morgan fingerprint density at radius 1 is 0.618 bits per heavy atom. The number of amides is 2. The Morgan fingerprint density at radius 2 is 1.00 bits per heavy atom. The Hall–Kier alpha value is -3.62. The first-order valence-electron chi connectivity index (χ1n) is 10.7. The zero-order valence-corrected chi connectivity index (χ0v) is 20.6. The van der Waals surface area contributed by atoms with Crippen LogP contribution in [-0.4, -0.2) is 35.7 Å². The molecule has 6 nitrogen and oxygen atoms in total. The van der Waals surface area contributed by atoms with E-state index in [-0.39, 0.29) is 11.8 Å². The molecular weight excluding hydrogens is 468 g/mol. The number of rotatable bonds is 4. The van der Waals surface area contributed by atoms with Gasteiger partial charge in [-0.25, -0.2) is 0 Å². The largest absolute Gasteiger partial charge is 0.463 e. The van der Waals surface area contributed by atoms with Crippen LogP contribution < -0.4 is 0 Å². The molecule has 2 amide bonds. The summed E-state index contributed by atoms with van der Waals surface area (Å²) < 4.78 is 11.3. The fraction of sp³-hybridized carbons (Fsp3) is 0.154. The number of fused-ring (bicyclic) bond motifs is 1. The van der Waals surface area contributed by atoms with Crippen molar-refractivity contribution in [2.45, 2.75) is 13.8 Å². The fourth-order valence-corrected chi connectivity index (χ4v) is 6.82. The lowest BCUT2D eigenvalue weighted by molar-refractivity contribution is -0.123. The molecule has 170 valence electrons. The van der Waals surface area contributed by atoms with Gasteiger partial charge in [-0.1, -0.05) is 0 Å². The number of thiophene rings is 2. The molecule has 6 rings (SSSR count). The maximum atomic E-state index is 13.4. The van der Waals surface area contributed by atoms with Gasteiger partial charge in [-0.05, 0) is 61.4 Å². The second-order valence-corrected chi connectivity index (χ2v) is 10.5. The average molecular weight is 489 g/mol. The summed E-state index contributed by atoms with van der Waals surface area (Å²) in [5.74, 6) is 1.26. The number of hydrogen-bond donors (Lipinski definition) is 0. The molecular formula is C26H20N2O4S2. The SMILES string of the molecule is Cc1ccoc1-c1ccc(C2=C3C(=O)N(C)C(c4ccc(-c5occc5C)s4)=C3C(=O)N2C)s1. The summed E-state index contributed by atoms with van der Waals surface area (Å²) in [5, 5.41) is 0. The Kier molecular flexibility index (Phi) is 4.59. The molecule has 0 saturated heterocycles. The first kappa shape index (κ1) is 20.9. The molecule has 2 aliphatic heterocycles. The number of furan rings is 2. The molecule has 6 heterocycles. The predicted octanol–water partition coefficient (Wildman–Crippen LogP) is 6.01. The van der Waals surface area contributed by atoms with Gasteiger partial charge < -0.3 is 18.6 Å². The normalized spacial score (nSPS) is 16.0. The Bertz CT molecular complexity index is 1440. The van der Waals surface area contributed by atoms with Crippen LogP contribution >= 0.6 is 22.7 Å². The third-order valence-corrected chi connectivity index (χ3v) is 8.46. The van der Waals surface area contributed by atoms with E-state index in [0.717, 1.165) is 42.2 Å². The molecule has 8 heteroatoms. The Morgan fingerprint density at radius 3 is 1.35 bits per heavy atom. The molecule has 4 aromatic heterocycles. The maximum absolute atomic E-state index is 13.4. The van der Waals surface area contributed by atoms with Crippen molar-refractivity contribution in [3.63, 3.8) is 0 Å². The summed E-state index contributed by atoms with van der Waals surface area (Å²) in [5.41, 5.74) is 4.29. The topological polar surface area (TPSA) is 66.9 Å². The van der Waals surface area contributed by atoms with Gasteiger partial charge in [0.2, 0.25) is 0 Å². The van der Waals surface area contributed by atoms with E-state index in [1.807, 2.05) is 50.2 Å². The summed E-state index contributed by atoms with van der Waals surface area (Å²) in [6.07, 6.45) is 3.33. The maximum Gasteiger partial charge on any atom is 0.261 e. The second kappa shape index (κ2) is 7.44. The van der Waals surface area contributed by atoms with Gasteiger partial charge >= 0.3 is 0 Å². The highest BCUT2D eigenvalue weighted by Crippen LogP contribution is 2.49. The Balaban J connectivity index is 1.49. The molecule has 0 radical (unpaired) electrons. The van der Waals surface area contributed by atoms with Crippen LogP contribution in [0.5, 0.6) is 0 Å². The molecule has 0 aliphatic carbocycles. The highest BCUT2D eigenvalue weighted by atomic mass is 32.1. The first-order chi connectivity index (χ1) is 16.4. The summed E-state index contributed by atoms with van der Waals surface area (Å²) >= 11 is 3.02. The molecule has 0 N–H and O–H groups in total. The van der Waals surface area contributed by atoms with Crippen molar-refractivity contribution >= 4 is 45.9 Å². The van der Waals surface area contributed by atoms with Crippen molar-refractivity contribution in [1.82, 2.24) is 9.80 Å². The molecule has 0 aromatic carbocycles. The van der Waals surface area contributed by atoms with Crippen LogP contribution in [-0.2, 0) is 9.59 Å². The van der Waals surface area contributed by atoms with E-state index in [9.17, 15) is 9.59 Å². The molecule has 0 unspecified atom stereocenters. The van der Waals surface area contributed by atoms with Crippen LogP contribution in [0, 0.1) is 13.8 Å². The summed E-state index contributed by atoms with van der Waals surface area (Å²) in [7, 11) is 3.45. The fourth-order valence-electron chi connectivity index (χ4n) is 4.53. The van der Waals surface area contributed by atoms with Gasteiger partial charge in [0.05, 0.1) is 54.6 Å². The van der Waals surface area contributed by atoms with Crippen LogP contribution in [0.4, 0.5) is 0 Å². The lowest BCUT2D eigenvalue weighted by Crippen LogP contribution is -2.24. The van der Waals surface area contributed by atoms with Crippen molar-refractivity contribution < 1.29 is 18.4 Å². The quantitative estimate of drug-likeness (QED) is 0.353. The molecule has 2 aliphatic rings. The molecule has 0 bridgehead atoms. The lowest BCUT2D eigenvalue weighted by Gasteiger charge is -2.18. The van der Waals surface area contributed by atoms with Crippen molar-refractivity contribution in [2.24, 2.45) is 0 Å². The molecule has 34 heavy (non-hydrogen) atoms. The number of carbonyl (C=O) groups excluding carboxylic acids is 2. The second-order valence-electron chi connectivity index (χ2n) is 8.37. The van der Waals surface area contributed by atoms with Gasteiger partial charge in [0.1, 0.15) is 11.5 Å². The van der Waals surface area contributed by atoms with E-state index in [2.05, 4.69) is 0 Å². The minimum absolute atomic E-state index is 0.175. The summed E-state index contributed by atoms with van der Waals surface area (Å²) in [6, 6.07) is 11.7. The number of hydrogen-bond acceptors (Lipinski definition) is 6. The van der Waals surface area contributed by atoms with Crippen molar-refractivity contribution in [2.75, 3.05) is 14.1 Å². The molecule has 4 aromatic rings. The third kappa shape index (κ3) is 2.85. The van der Waals surface area contributed by atoms with E-state index in [4.69, 9.17) is 8.83 Å². The third-order valence-electron chi connectivity index (χ3n) is 6.28. The van der Waals surface area contributed by atoms with Gasteiger partial charge in [0, 0.05) is 14.1 Å². The van der Waals surface area contributed by atoms with Crippen LogP contribution in [0.3, 0.4) is 0 Å².